The number of nitrogens with zero attached hydrogens (tertiary/aromatic N) is 1. The number of methoxy groups -OCH3 is 1. The molecule has 6 heteroatoms. The van der Waals surface area contributed by atoms with Crippen LogP contribution in [0.5, 0.6) is 5.75 Å². The summed E-state index contributed by atoms with van der Waals surface area (Å²) in [6.45, 7) is 0. The molecule has 0 aliphatic carbocycles. The molecular weight excluding hydrogens is 339 g/mol. The van der Waals surface area contributed by atoms with Gasteiger partial charge in [0.15, 0.2) is 0 Å². The standard InChI is InChI=1S/C19H17FN2O2S/c1-24-17-8-3-2-7-16(17)19-22-15(12-25-19)9-10-18(23)21-14-6-4-5-13(20)11-14/h2-8,11-12H,9-10H2,1H3,(H,21,23). The first-order valence-electron chi connectivity index (χ1n) is 7.79. The van der Waals surface area contributed by atoms with Gasteiger partial charge in [-0.25, -0.2) is 9.37 Å². The van der Waals surface area contributed by atoms with Crippen LogP contribution in [0.3, 0.4) is 0 Å². The second kappa shape index (κ2) is 7.90. The molecule has 0 radical (unpaired) electrons. The van der Waals surface area contributed by atoms with Crippen molar-refractivity contribution >= 4 is 22.9 Å². The summed E-state index contributed by atoms with van der Waals surface area (Å²) < 4.78 is 18.5. The van der Waals surface area contributed by atoms with E-state index >= 15 is 0 Å². The van der Waals surface area contributed by atoms with Gasteiger partial charge in [0.2, 0.25) is 5.91 Å². The quantitative estimate of drug-likeness (QED) is 0.706. The average molecular weight is 356 g/mol. The number of benzene rings is 2. The summed E-state index contributed by atoms with van der Waals surface area (Å²) in [7, 11) is 1.63. The molecule has 0 atom stereocenters. The number of hydrogen-bond acceptors (Lipinski definition) is 4. The Labute approximate surface area is 149 Å². The van der Waals surface area contributed by atoms with E-state index < -0.39 is 0 Å². The zero-order valence-corrected chi connectivity index (χ0v) is 14.5. The van der Waals surface area contributed by atoms with E-state index in [1.807, 2.05) is 29.6 Å². The molecule has 0 saturated heterocycles. The maximum Gasteiger partial charge on any atom is 0.224 e. The molecule has 0 fully saturated rings. The molecular formula is C19H17FN2O2S. The fraction of sp³-hybridized carbons (Fsp3) is 0.158. The van der Waals surface area contributed by atoms with Gasteiger partial charge in [0.1, 0.15) is 16.6 Å². The highest BCUT2D eigenvalue weighted by molar-refractivity contribution is 7.13. The predicted octanol–water partition coefficient (Wildman–Crippen LogP) is 4.53. The molecule has 0 aliphatic rings. The third-order valence-electron chi connectivity index (χ3n) is 3.61. The average Bonchev–Trinajstić information content (AvgIpc) is 3.09. The van der Waals surface area contributed by atoms with Gasteiger partial charge >= 0.3 is 0 Å². The number of carbonyl (C=O) groups excluding carboxylic acids is 1. The van der Waals surface area contributed by atoms with Crippen molar-refractivity contribution in [2.45, 2.75) is 12.8 Å². The molecule has 1 aromatic heterocycles. The van der Waals surface area contributed by atoms with E-state index in [9.17, 15) is 9.18 Å². The number of aryl methyl sites for hydroxylation is 1. The monoisotopic (exact) mass is 356 g/mol. The van der Waals surface area contributed by atoms with Crippen molar-refractivity contribution in [2.24, 2.45) is 0 Å². The number of ether oxygens (including phenoxy) is 1. The lowest BCUT2D eigenvalue weighted by Gasteiger charge is -2.05. The third kappa shape index (κ3) is 4.42. The molecule has 0 spiro atoms. The highest BCUT2D eigenvalue weighted by Crippen LogP contribution is 2.32. The molecule has 128 valence electrons. The maximum absolute atomic E-state index is 13.1. The molecule has 25 heavy (non-hydrogen) atoms. The minimum atomic E-state index is -0.376. The summed E-state index contributed by atoms with van der Waals surface area (Å²) >= 11 is 1.52. The molecule has 0 unspecified atom stereocenters. The molecule has 0 saturated carbocycles. The van der Waals surface area contributed by atoms with E-state index in [4.69, 9.17) is 4.74 Å². The normalized spacial score (nSPS) is 10.5. The van der Waals surface area contributed by atoms with E-state index in [0.29, 0.717) is 12.1 Å². The molecule has 1 heterocycles. The van der Waals surface area contributed by atoms with Crippen molar-refractivity contribution in [3.63, 3.8) is 0 Å². The van der Waals surface area contributed by atoms with Gasteiger partial charge in [-0.05, 0) is 36.8 Å². The first-order valence-corrected chi connectivity index (χ1v) is 8.67. The van der Waals surface area contributed by atoms with Crippen molar-refractivity contribution in [2.75, 3.05) is 12.4 Å². The Morgan fingerprint density at radius 1 is 1.24 bits per heavy atom. The third-order valence-corrected chi connectivity index (χ3v) is 4.53. The van der Waals surface area contributed by atoms with Gasteiger partial charge in [0.05, 0.1) is 18.4 Å². The number of hydrogen-bond donors (Lipinski definition) is 1. The Morgan fingerprint density at radius 2 is 2.08 bits per heavy atom. The number of anilines is 1. The highest BCUT2D eigenvalue weighted by Gasteiger charge is 2.11. The van der Waals surface area contributed by atoms with Crippen LogP contribution in [-0.4, -0.2) is 18.0 Å². The zero-order valence-electron chi connectivity index (χ0n) is 13.7. The second-order valence-corrected chi connectivity index (χ2v) is 6.26. The van der Waals surface area contributed by atoms with Crippen LogP contribution in [0, 0.1) is 5.82 Å². The van der Waals surface area contributed by atoms with Crippen LogP contribution in [-0.2, 0) is 11.2 Å². The topological polar surface area (TPSA) is 51.2 Å². The predicted molar refractivity (Wildman–Crippen MR) is 97.5 cm³/mol. The summed E-state index contributed by atoms with van der Waals surface area (Å²) in [5.41, 5.74) is 2.24. The lowest BCUT2D eigenvalue weighted by Crippen LogP contribution is -2.12. The van der Waals surface area contributed by atoms with Gasteiger partial charge in [-0.15, -0.1) is 11.3 Å². The van der Waals surface area contributed by atoms with Crippen LogP contribution < -0.4 is 10.1 Å². The van der Waals surface area contributed by atoms with Crippen LogP contribution in [0.25, 0.3) is 10.6 Å². The second-order valence-electron chi connectivity index (χ2n) is 5.40. The first-order chi connectivity index (χ1) is 12.2. The number of rotatable bonds is 6. The van der Waals surface area contributed by atoms with Crippen molar-refractivity contribution in [1.29, 1.82) is 0 Å². The number of halogens is 1. The van der Waals surface area contributed by atoms with Gasteiger partial charge in [-0.2, -0.15) is 0 Å². The SMILES string of the molecule is COc1ccccc1-c1nc(CCC(=O)Nc2cccc(F)c2)cs1. The lowest BCUT2D eigenvalue weighted by molar-refractivity contribution is -0.116. The van der Waals surface area contributed by atoms with Gasteiger partial charge in [0.25, 0.3) is 0 Å². The van der Waals surface area contributed by atoms with Gasteiger partial charge in [-0.1, -0.05) is 18.2 Å². The molecule has 2 aromatic carbocycles. The summed E-state index contributed by atoms with van der Waals surface area (Å²) in [5.74, 6) is 0.225. The number of amides is 1. The minimum absolute atomic E-state index is 0.169. The van der Waals surface area contributed by atoms with Crippen molar-refractivity contribution in [3.8, 4) is 16.3 Å². The molecule has 3 rings (SSSR count). The smallest absolute Gasteiger partial charge is 0.224 e. The largest absolute Gasteiger partial charge is 0.496 e. The number of aromatic nitrogens is 1. The van der Waals surface area contributed by atoms with E-state index in [1.54, 1.807) is 19.2 Å². The highest BCUT2D eigenvalue weighted by atomic mass is 32.1. The van der Waals surface area contributed by atoms with Crippen LogP contribution in [0.4, 0.5) is 10.1 Å². The maximum atomic E-state index is 13.1. The van der Waals surface area contributed by atoms with E-state index in [2.05, 4.69) is 10.3 Å². The van der Waals surface area contributed by atoms with Gasteiger partial charge in [0, 0.05) is 17.5 Å². The van der Waals surface area contributed by atoms with Crippen LogP contribution in [0.2, 0.25) is 0 Å². The minimum Gasteiger partial charge on any atom is -0.496 e. The lowest BCUT2D eigenvalue weighted by atomic mass is 10.2. The van der Waals surface area contributed by atoms with Gasteiger partial charge in [-0.3, -0.25) is 4.79 Å². The van der Waals surface area contributed by atoms with Gasteiger partial charge < -0.3 is 10.1 Å². The van der Waals surface area contributed by atoms with E-state index in [0.717, 1.165) is 22.0 Å². The first kappa shape index (κ1) is 17.1. The summed E-state index contributed by atoms with van der Waals surface area (Å²) in [6.07, 6.45) is 0.804. The molecule has 1 N–H and O–H groups in total. The fourth-order valence-corrected chi connectivity index (χ4v) is 3.28. The number of nitrogens with one attached hydrogen (secondary N) is 1. The molecule has 1 amide bonds. The van der Waals surface area contributed by atoms with Crippen molar-refractivity contribution < 1.29 is 13.9 Å². The van der Waals surface area contributed by atoms with Crippen molar-refractivity contribution in [1.82, 2.24) is 4.98 Å². The Bertz CT molecular complexity index is 879. The van der Waals surface area contributed by atoms with Crippen LogP contribution in [0.15, 0.2) is 53.9 Å². The molecule has 0 aliphatic heterocycles. The number of thiazole rings is 1. The molecule has 4 nitrogen and oxygen atoms in total. The number of carbonyl (C=O) groups is 1. The Kier molecular flexibility index (Phi) is 5.40. The fourth-order valence-electron chi connectivity index (χ4n) is 2.40. The Balaban J connectivity index is 1.61. The van der Waals surface area contributed by atoms with E-state index in [-0.39, 0.29) is 18.1 Å². The molecule has 0 bridgehead atoms. The zero-order chi connectivity index (χ0) is 17.6. The molecule has 3 aromatic rings. The van der Waals surface area contributed by atoms with Crippen LogP contribution >= 0.6 is 11.3 Å². The Hall–Kier alpha value is -2.73. The summed E-state index contributed by atoms with van der Waals surface area (Å²) in [5, 5.41) is 5.49. The van der Waals surface area contributed by atoms with E-state index in [1.165, 1.54) is 23.5 Å². The number of para-hydroxylation sites is 1. The summed E-state index contributed by atoms with van der Waals surface area (Å²) in [4.78, 5) is 16.6. The van der Waals surface area contributed by atoms with Crippen LogP contribution in [0.1, 0.15) is 12.1 Å². The Morgan fingerprint density at radius 3 is 2.88 bits per heavy atom. The van der Waals surface area contributed by atoms with Crippen molar-refractivity contribution in [3.05, 3.63) is 65.4 Å². The summed E-state index contributed by atoms with van der Waals surface area (Å²) in [6, 6.07) is 13.5.